The van der Waals surface area contributed by atoms with E-state index in [1.807, 2.05) is 43.3 Å². The first kappa shape index (κ1) is 12.9. The summed E-state index contributed by atoms with van der Waals surface area (Å²) in [6.45, 7) is 2.01. The Kier molecular flexibility index (Phi) is 3.28. The lowest BCUT2D eigenvalue weighted by Gasteiger charge is -2.03. The number of aromatic amines is 1. The highest BCUT2D eigenvalue weighted by Gasteiger charge is 2.13. The van der Waals surface area contributed by atoms with E-state index in [-0.39, 0.29) is 0 Å². The van der Waals surface area contributed by atoms with Crippen molar-refractivity contribution in [2.24, 2.45) is 0 Å². The van der Waals surface area contributed by atoms with Gasteiger partial charge in [0.25, 0.3) is 0 Å². The van der Waals surface area contributed by atoms with Gasteiger partial charge in [0.05, 0.1) is 11.4 Å². The Morgan fingerprint density at radius 3 is 2.65 bits per heavy atom. The average Bonchev–Trinajstić information content (AvgIpc) is 2.85. The van der Waals surface area contributed by atoms with Gasteiger partial charge in [0.15, 0.2) is 0 Å². The second-order valence-corrected chi connectivity index (χ2v) is 5.24. The van der Waals surface area contributed by atoms with Crippen LogP contribution in [-0.2, 0) is 0 Å². The summed E-state index contributed by atoms with van der Waals surface area (Å²) in [6, 6.07) is 11.9. The van der Waals surface area contributed by atoms with Gasteiger partial charge in [-0.15, -0.1) is 0 Å². The maximum Gasteiger partial charge on any atom is 0.140 e. The Hall–Kier alpha value is -2.14. The number of pyridine rings is 1. The van der Waals surface area contributed by atoms with Crippen LogP contribution in [-0.4, -0.2) is 15.0 Å². The van der Waals surface area contributed by atoms with Crippen LogP contribution >= 0.6 is 15.9 Å². The molecule has 0 aliphatic carbocycles. The second kappa shape index (κ2) is 5.09. The van der Waals surface area contributed by atoms with Crippen molar-refractivity contribution in [3.63, 3.8) is 0 Å². The van der Waals surface area contributed by atoms with E-state index < -0.39 is 0 Å². The molecule has 0 unspecified atom stereocenters. The van der Waals surface area contributed by atoms with E-state index in [4.69, 9.17) is 5.73 Å². The van der Waals surface area contributed by atoms with Crippen LogP contribution in [0.4, 0.5) is 5.69 Å². The van der Waals surface area contributed by atoms with Gasteiger partial charge in [-0.1, -0.05) is 30.3 Å². The summed E-state index contributed by atoms with van der Waals surface area (Å²) in [4.78, 5) is 12.1. The van der Waals surface area contributed by atoms with Crippen molar-refractivity contribution in [3.8, 4) is 22.6 Å². The molecule has 1 aromatic carbocycles. The monoisotopic (exact) mass is 328 g/mol. The smallest absolute Gasteiger partial charge is 0.140 e. The molecule has 0 spiro atoms. The number of nitrogens with zero attached hydrogens (tertiary/aromatic N) is 2. The fourth-order valence-electron chi connectivity index (χ4n) is 2.12. The average molecular weight is 329 g/mol. The summed E-state index contributed by atoms with van der Waals surface area (Å²) in [6.07, 6.45) is 1.70. The molecule has 3 aromatic rings. The Labute approximate surface area is 125 Å². The number of aryl methyl sites for hydroxylation is 1. The van der Waals surface area contributed by atoms with Crippen LogP contribution < -0.4 is 5.73 Å². The second-order valence-electron chi connectivity index (χ2n) is 4.49. The minimum atomic E-state index is 0.584. The van der Waals surface area contributed by atoms with Crippen molar-refractivity contribution in [1.29, 1.82) is 0 Å². The number of H-pyrrole nitrogens is 1. The summed E-state index contributed by atoms with van der Waals surface area (Å²) in [7, 11) is 0. The molecule has 3 N–H and O–H groups in total. The molecule has 0 fully saturated rings. The van der Waals surface area contributed by atoms with E-state index in [2.05, 4.69) is 30.9 Å². The number of aromatic nitrogens is 3. The van der Waals surface area contributed by atoms with Crippen molar-refractivity contribution in [2.75, 3.05) is 5.73 Å². The Balaban J connectivity index is 2.12. The predicted molar refractivity (Wildman–Crippen MR) is 84.1 cm³/mol. The normalized spacial score (nSPS) is 10.7. The molecule has 0 radical (unpaired) electrons. The summed E-state index contributed by atoms with van der Waals surface area (Å²) in [5.74, 6) is 0.752. The van der Waals surface area contributed by atoms with Crippen LogP contribution in [0.25, 0.3) is 22.6 Å². The molecule has 2 heterocycles. The molecule has 5 heteroatoms. The zero-order chi connectivity index (χ0) is 14.1. The first-order valence-electron chi connectivity index (χ1n) is 6.19. The highest BCUT2D eigenvalue weighted by Crippen LogP contribution is 2.31. The van der Waals surface area contributed by atoms with Crippen LogP contribution in [0.1, 0.15) is 5.69 Å². The van der Waals surface area contributed by atoms with Crippen LogP contribution in [0.3, 0.4) is 0 Å². The van der Waals surface area contributed by atoms with Crippen molar-refractivity contribution in [3.05, 3.63) is 52.9 Å². The minimum absolute atomic E-state index is 0.584. The van der Waals surface area contributed by atoms with Gasteiger partial charge >= 0.3 is 0 Å². The van der Waals surface area contributed by atoms with Gasteiger partial charge in [-0.05, 0) is 28.9 Å². The highest BCUT2D eigenvalue weighted by molar-refractivity contribution is 9.10. The molecular weight excluding hydrogens is 316 g/mol. The molecule has 20 heavy (non-hydrogen) atoms. The molecule has 0 aliphatic heterocycles. The number of nitrogen functional groups attached to an aromatic ring is 1. The number of nitrogens with two attached hydrogens (primary N) is 1. The summed E-state index contributed by atoms with van der Waals surface area (Å²) >= 11 is 3.34. The summed E-state index contributed by atoms with van der Waals surface area (Å²) in [5.41, 5.74) is 10.5. The molecule has 3 rings (SSSR count). The topological polar surface area (TPSA) is 67.6 Å². The van der Waals surface area contributed by atoms with Gasteiger partial charge in [0, 0.05) is 23.0 Å². The molecule has 0 aliphatic rings. The zero-order valence-electron chi connectivity index (χ0n) is 10.9. The van der Waals surface area contributed by atoms with Crippen molar-refractivity contribution < 1.29 is 0 Å². The fraction of sp³-hybridized carbons (Fsp3) is 0.0667. The van der Waals surface area contributed by atoms with E-state index >= 15 is 0 Å². The number of benzene rings is 1. The number of nitrogens with one attached hydrogen (secondary N) is 1. The SMILES string of the molecule is Cc1[nH]c(-c2ccnc(Br)c2N)nc1-c1ccccc1. The number of halogens is 1. The van der Waals surface area contributed by atoms with E-state index in [1.165, 1.54) is 0 Å². The molecule has 0 saturated heterocycles. The fourth-order valence-corrected chi connectivity index (χ4v) is 2.45. The number of anilines is 1. The van der Waals surface area contributed by atoms with E-state index in [0.717, 1.165) is 28.3 Å². The quantitative estimate of drug-likeness (QED) is 0.703. The number of hydrogen-bond acceptors (Lipinski definition) is 3. The third kappa shape index (κ3) is 2.20. The Morgan fingerprint density at radius 1 is 1.15 bits per heavy atom. The van der Waals surface area contributed by atoms with Gasteiger partial charge in [-0.3, -0.25) is 0 Å². The van der Waals surface area contributed by atoms with E-state index in [0.29, 0.717) is 10.3 Å². The van der Waals surface area contributed by atoms with E-state index in [9.17, 15) is 0 Å². The molecule has 0 amide bonds. The van der Waals surface area contributed by atoms with Gasteiger partial charge in [0.1, 0.15) is 10.4 Å². The van der Waals surface area contributed by atoms with Crippen LogP contribution in [0.15, 0.2) is 47.2 Å². The first-order chi connectivity index (χ1) is 9.66. The van der Waals surface area contributed by atoms with Crippen LogP contribution in [0.2, 0.25) is 0 Å². The molecule has 100 valence electrons. The van der Waals surface area contributed by atoms with Crippen LogP contribution in [0.5, 0.6) is 0 Å². The Bertz CT molecular complexity index is 750. The molecule has 4 nitrogen and oxygen atoms in total. The molecule has 0 saturated carbocycles. The number of hydrogen-bond donors (Lipinski definition) is 2. The predicted octanol–water partition coefficient (Wildman–Crippen LogP) is 3.79. The maximum atomic E-state index is 6.04. The largest absolute Gasteiger partial charge is 0.396 e. The van der Waals surface area contributed by atoms with Gasteiger partial charge in [-0.25, -0.2) is 9.97 Å². The highest BCUT2D eigenvalue weighted by atomic mass is 79.9. The number of imidazole rings is 1. The van der Waals surface area contributed by atoms with Crippen LogP contribution in [0, 0.1) is 6.92 Å². The Morgan fingerprint density at radius 2 is 1.90 bits per heavy atom. The third-order valence-electron chi connectivity index (χ3n) is 3.13. The molecule has 0 atom stereocenters. The van der Waals surface area contributed by atoms with Gasteiger partial charge in [0.2, 0.25) is 0 Å². The van der Waals surface area contributed by atoms with Gasteiger partial charge < -0.3 is 10.7 Å². The maximum absolute atomic E-state index is 6.04. The van der Waals surface area contributed by atoms with Crippen molar-refractivity contribution in [1.82, 2.24) is 15.0 Å². The lowest BCUT2D eigenvalue weighted by molar-refractivity contribution is 1.23. The van der Waals surface area contributed by atoms with Crippen molar-refractivity contribution in [2.45, 2.75) is 6.92 Å². The zero-order valence-corrected chi connectivity index (χ0v) is 12.5. The number of rotatable bonds is 2. The summed E-state index contributed by atoms with van der Waals surface area (Å²) in [5, 5.41) is 0. The van der Waals surface area contributed by atoms with Gasteiger partial charge in [-0.2, -0.15) is 0 Å². The van der Waals surface area contributed by atoms with E-state index in [1.54, 1.807) is 6.20 Å². The summed E-state index contributed by atoms with van der Waals surface area (Å²) < 4.78 is 0.630. The first-order valence-corrected chi connectivity index (χ1v) is 6.98. The minimum Gasteiger partial charge on any atom is -0.396 e. The molecule has 0 bridgehead atoms. The lowest BCUT2D eigenvalue weighted by atomic mass is 10.1. The molecular formula is C15H13BrN4. The third-order valence-corrected chi connectivity index (χ3v) is 3.76. The lowest BCUT2D eigenvalue weighted by Crippen LogP contribution is -1.94. The standard InChI is InChI=1S/C15H13BrN4/c1-9-13(10-5-3-2-4-6-10)20-15(19-9)11-7-8-18-14(16)12(11)17/h2-8H,17H2,1H3,(H,19,20). The van der Waals surface area contributed by atoms with Crippen molar-refractivity contribution >= 4 is 21.6 Å². The molecule has 2 aromatic heterocycles.